The predicted molar refractivity (Wildman–Crippen MR) is 88.2 cm³/mol. The zero-order valence-electron chi connectivity index (χ0n) is 12.2. The molecule has 0 atom stereocenters. The van der Waals surface area contributed by atoms with Crippen LogP contribution in [0.15, 0.2) is 41.8 Å². The van der Waals surface area contributed by atoms with Crippen molar-refractivity contribution in [1.29, 1.82) is 5.26 Å². The molecule has 2 aromatic heterocycles. The molecule has 0 fully saturated rings. The molecule has 0 saturated carbocycles. The Balaban J connectivity index is 2.12. The van der Waals surface area contributed by atoms with Gasteiger partial charge in [0.2, 0.25) is 5.88 Å². The second-order valence-corrected chi connectivity index (χ2v) is 6.20. The number of thiophene rings is 1. The lowest BCUT2D eigenvalue weighted by Gasteiger charge is -2.21. The van der Waals surface area contributed by atoms with Crippen LogP contribution in [-0.4, -0.2) is 11.7 Å². The summed E-state index contributed by atoms with van der Waals surface area (Å²) >= 11 is 1.66. The molecule has 1 aliphatic heterocycles. The Morgan fingerprint density at radius 2 is 2.09 bits per heavy atom. The molecule has 3 aromatic rings. The molecule has 3 heterocycles. The number of nitrogens with zero attached hydrogens (tertiary/aromatic N) is 2. The van der Waals surface area contributed by atoms with E-state index < -0.39 is 0 Å². The first-order valence-electron chi connectivity index (χ1n) is 7.18. The standard InChI is InChI=1S/C18H14N2OS/c1-21-18-14(11-19)16(15-7-4-10-22-15)17-13-6-3-2-5-12(13)8-9-20(17)18/h2-7,10H,8-9H2,1H3. The smallest absolute Gasteiger partial charge is 0.212 e. The minimum absolute atomic E-state index is 0.636. The van der Waals surface area contributed by atoms with Gasteiger partial charge in [0.25, 0.3) is 0 Å². The maximum absolute atomic E-state index is 9.69. The van der Waals surface area contributed by atoms with Crippen LogP contribution in [0.5, 0.6) is 5.88 Å². The third-order valence-corrected chi connectivity index (χ3v) is 5.05. The van der Waals surface area contributed by atoms with Crippen LogP contribution in [0.25, 0.3) is 21.7 Å². The van der Waals surface area contributed by atoms with Gasteiger partial charge in [-0.1, -0.05) is 30.3 Å². The fourth-order valence-electron chi connectivity index (χ4n) is 3.27. The van der Waals surface area contributed by atoms with Gasteiger partial charge in [0.1, 0.15) is 11.6 Å². The summed E-state index contributed by atoms with van der Waals surface area (Å²) in [6.07, 6.45) is 0.961. The van der Waals surface area contributed by atoms with E-state index in [0.29, 0.717) is 11.4 Å². The molecule has 0 spiro atoms. The first-order valence-corrected chi connectivity index (χ1v) is 8.06. The van der Waals surface area contributed by atoms with Gasteiger partial charge in [0.05, 0.1) is 12.8 Å². The summed E-state index contributed by atoms with van der Waals surface area (Å²) in [4.78, 5) is 1.11. The molecular weight excluding hydrogens is 292 g/mol. The van der Waals surface area contributed by atoms with Crippen LogP contribution >= 0.6 is 11.3 Å². The van der Waals surface area contributed by atoms with Crippen molar-refractivity contribution in [3.05, 3.63) is 52.9 Å². The Labute approximate surface area is 133 Å². The molecule has 1 aromatic carbocycles. The summed E-state index contributed by atoms with van der Waals surface area (Å²) in [5.41, 5.74) is 5.28. The normalized spacial score (nSPS) is 12.4. The van der Waals surface area contributed by atoms with Gasteiger partial charge in [-0.25, -0.2) is 0 Å². The van der Waals surface area contributed by atoms with Crippen molar-refractivity contribution in [2.75, 3.05) is 7.11 Å². The van der Waals surface area contributed by atoms with E-state index in [1.54, 1.807) is 18.4 Å². The molecule has 0 bridgehead atoms. The summed E-state index contributed by atoms with van der Waals surface area (Å²) < 4.78 is 7.72. The summed E-state index contributed by atoms with van der Waals surface area (Å²) in [7, 11) is 1.64. The minimum Gasteiger partial charge on any atom is -0.481 e. The lowest BCUT2D eigenvalue weighted by molar-refractivity contribution is 0.371. The number of nitriles is 1. The second kappa shape index (κ2) is 5.04. The molecule has 0 N–H and O–H groups in total. The number of methoxy groups -OCH3 is 1. The van der Waals surface area contributed by atoms with Crippen molar-refractivity contribution in [2.45, 2.75) is 13.0 Å². The highest BCUT2D eigenvalue weighted by molar-refractivity contribution is 7.13. The largest absolute Gasteiger partial charge is 0.481 e. The van der Waals surface area contributed by atoms with E-state index in [4.69, 9.17) is 4.74 Å². The maximum atomic E-state index is 9.69. The van der Waals surface area contributed by atoms with Gasteiger partial charge < -0.3 is 9.30 Å². The van der Waals surface area contributed by atoms with Gasteiger partial charge in [0.15, 0.2) is 0 Å². The Morgan fingerprint density at radius 3 is 2.82 bits per heavy atom. The Morgan fingerprint density at radius 1 is 1.23 bits per heavy atom. The van der Waals surface area contributed by atoms with Crippen molar-refractivity contribution in [3.63, 3.8) is 0 Å². The van der Waals surface area contributed by atoms with E-state index in [1.807, 2.05) is 11.4 Å². The summed E-state index contributed by atoms with van der Waals surface area (Å²) in [5.74, 6) is 0.676. The third-order valence-electron chi connectivity index (χ3n) is 4.17. The molecule has 0 radical (unpaired) electrons. The lowest BCUT2D eigenvalue weighted by atomic mass is 9.95. The van der Waals surface area contributed by atoms with Crippen LogP contribution in [0.4, 0.5) is 0 Å². The molecule has 3 nitrogen and oxygen atoms in total. The number of rotatable bonds is 2. The number of aromatic nitrogens is 1. The van der Waals surface area contributed by atoms with Crippen molar-refractivity contribution in [3.8, 4) is 33.6 Å². The SMILES string of the molecule is COc1c(C#N)c(-c2cccs2)c2n1CCc1ccccc1-2. The van der Waals surface area contributed by atoms with Gasteiger partial charge in [-0.15, -0.1) is 11.3 Å². The average molecular weight is 306 g/mol. The van der Waals surface area contributed by atoms with Crippen LogP contribution in [0.1, 0.15) is 11.1 Å². The zero-order chi connectivity index (χ0) is 15.1. The predicted octanol–water partition coefficient (Wildman–Crippen LogP) is 4.32. The Bertz CT molecular complexity index is 885. The maximum Gasteiger partial charge on any atom is 0.212 e. The molecule has 0 amide bonds. The minimum atomic E-state index is 0.636. The fourth-order valence-corrected chi connectivity index (χ4v) is 4.05. The summed E-state index contributed by atoms with van der Waals surface area (Å²) in [6, 6.07) is 14.9. The number of hydrogen-bond donors (Lipinski definition) is 0. The highest BCUT2D eigenvalue weighted by atomic mass is 32.1. The Kier molecular flexibility index (Phi) is 3.02. The van der Waals surface area contributed by atoms with E-state index in [1.165, 1.54) is 11.1 Å². The van der Waals surface area contributed by atoms with Crippen molar-refractivity contribution in [1.82, 2.24) is 4.57 Å². The number of hydrogen-bond acceptors (Lipinski definition) is 3. The van der Waals surface area contributed by atoms with Crippen LogP contribution in [0.2, 0.25) is 0 Å². The highest BCUT2D eigenvalue weighted by Gasteiger charge is 2.29. The molecule has 4 rings (SSSR count). The molecular formula is C18H14N2OS. The van der Waals surface area contributed by atoms with Crippen LogP contribution in [-0.2, 0) is 13.0 Å². The van der Waals surface area contributed by atoms with Crippen LogP contribution in [0.3, 0.4) is 0 Å². The van der Waals surface area contributed by atoms with Crippen molar-refractivity contribution in [2.24, 2.45) is 0 Å². The lowest BCUT2D eigenvalue weighted by Crippen LogP contribution is -2.11. The fraction of sp³-hybridized carbons (Fsp3) is 0.167. The number of benzene rings is 1. The molecule has 22 heavy (non-hydrogen) atoms. The van der Waals surface area contributed by atoms with E-state index >= 15 is 0 Å². The molecule has 0 unspecified atom stereocenters. The van der Waals surface area contributed by atoms with E-state index in [9.17, 15) is 5.26 Å². The summed E-state index contributed by atoms with van der Waals surface area (Å²) in [5, 5.41) is 11.7. The van der Waals surface area contributed by atoms with Crippen molar-refractivity contribution < 1.29 is 4.74 Å². The molecule has 108 valence electrons. The van der Waals surface area contributed by atoms with Crippen LogP contribution in [0, 0.1) is 11.3 Å². The van der Waals surface area contributed by atoms with Gasteiger partial charge in [-0.05, 0) is 23.4 Å². The first kappa shape index (κ1) is 13.2. The van der Waals surface area contributed by atoms with E-state index in [2.05, 4.69) is 41.0 Å². The van der Waals surface area contributed by atoms with Crippen molar-refractivity contribution >= 4 is 11.3 Å². The van der Waals surface area contributed by atoms with Gasteiger partial charge in [-0.2, -0.15) is 5.26 Å². The summed E-state index contributed by atoms with van der Waals surface area (Å²) in [6.45, 7) is 0.843. The van der Waals surface area contributed by atoms with E-state index in [0.717, 1.165) is 29.1 Å². The molecule has 0 aliphatic carbocycles. The third kappa shape index (κ3) is 1.73. The number of aryl methyl sites for hydroxylation is 1. The first-order chi connectivity index (χ1) is 10.8. The highest BCUT2D eigenvalue weighted by Crippen LogP contribution is 2.46. The van der Waals surface area contributed by atoms with E-state index in [-0.39, 0.29) is 0 Å². The van der Waals surface area contributed by atoms with Crippen LogP contribution < -0.4 is 4.74 Å². The van der Waals surface area contributed by atoms with Gasteiger partial charge in [-0.3, -0.25) is 0 Å². The molecule has 1 aliphatic rings. The van der Waals surface area contributed by atoms with Gasteiger partial charge in [0, 0.05) is 22.5 Å². The average Bonchev–Trinajstić information content (AvgIpc) is 3.19. The second-order valence-electron chi connectivity index (χ2n) is 5.26. The molecule has 0 saturated heterocycles. The van der Waals surface area contributed by atoms with Gasteiger partial charge >= 0.3 is 0 Å². The Hall–Kier alpha value is -2.51. The zero-order valence-corrected chi connectivity index (χ0v) is 13.0. The quantitative estimate of drug-likeness (QED) is 0.707. The number of ether oxygens (including phenoxy) is 1. The monoisotopic (exact) mass is 306 g/mol. The molecule has 4 heteroatoms. The number of fused-ring (bicyclic) bond motifs is 3. The topological polar surface area (TPSA) is 37.9 Å².